The van der Waals surface area contributed by atoms with Gasteiger partial charge in [0, 0.05) is 11.6 Å². The Bertz CT molecular complexity index is 498. The number of phenolic OH excluding ortho intramolecular Hbond substituents is 2. The predicted molar refractivity (Wildman–Crippen MR) is 64.3 cm³/mol. The maximum Gasteiger partial charge on any atom is 0.348 e. The van der Waals surface area contributed by atoms with Crippen molar-refractivity contribution in [3.8, 4) is 11.5 Å². The number of aromatic hydroxyl groups is 2. The van der Waals surface area contributed by atoms with E-state index in [2.05, 4.69) is 10.3 Å². The van der Waals surface area contributed by atoms with Crippen LogP contribution in [0.3, 0.4) is 0 Å². The minimum Gasteiger partial charge on any atom is -0.504 e. The Balaban J connectivity index is 3.12. The quantitative estimate of drug-likeness (QED) is 0.220. The molecule has 1 rings (SSSR count). The van der Waals surface area contributed by atoms with Crippen molar-refractivity contribution in [1.82, 2.24) is 0 Å². The fourth-order valence-corrected chi connectivity index (χ4v) is 1.45. The molecule has 0 aliphatic heterocycles. The number of nitrogens with zero attached hydrogens (tertiary/aromatic N) is 1. The molecular formula is C9H11ClN4O3. The Morgan fingerprint density at radius 2 is 2.06 bits per heavy atom. The van der Waals surface area contributed by atoms with Gasteiger partial charge in [-0.3, -0.25) is 0 Å². The number of amides is 2. The molecule has 7 N–H and O–H groups in total. The number of anilines is 1. The third kappa shape index (κ3) is 2.91. The number of phenols is 2. The average molecular weight is 259 g/mol. The molecule has 0 atom stereocenters. The molecule has 0 saturated heterocycles. The van der Waals surface area contributed by atoms with Crippen LogP contribution in [-0.2, 0) is 0 Å². The van der Waals surface area contributed by atoms with Gasteiger partial charge in [0.1, 0.15) is 0 Å². The van der Waals surface area contributed by atoms with Gasteiger partial charge in [-0.15, -0.1) is 0 Å². The molecule has 0 unspecified atom stereocenters. The van der Waals surface area contributed by atoms with E-state index >= 15 is 0 Å². The number of hydrogen-bond donors (Lipinski definition) is 5. The first-order valence-electron chi connectivity index (χ1n) is 4.44. The lowest BCUT2D eigenvalue weighted by Crippen LogP contribution is -2.25. The van der Waals surface area contributed by atoms with Gasteiger partial charge in [-0.2, -0.15) is 4.99 Å². The number of rotatable bonds is 1. The SMILES string of the molecule is Cc1c(O)c(O)cc(Cl)c1NC(=O)N=C(N)N. The number of carbonyl (C=O) groups is 1. The molecule has 1 aromatic carbocycles. The molecule has 0 aromatic heterocycles. The number of benzene rings is 1. The summed E-state index contributed by atoms with van der Waals surface area (Å²) in [6.45, 7) is 1.46. The lowest BCUT2D eigenvalue weighted by molar-refractivity contribution is 0.259. The van der Waals surface area contributed by atoms with Gasteiger partial charge in [0.15, 0.2) is 17.5 Å². The highest BCUT2D eigenvalue weighted by Gasteiger charge is 2.15. The van der Waals surface area contributed by atoms with E-state index in [1.54, 1.807) is 0 Å². The molecule has 8 heteroatoms. The smallest absolute Gasteiger partial charge is 0.348 e. The van der Waals surface area contributed by atoms with Gasteiger partial charge in [0.25, 0.3) is 0 Å². The number of aliphatic imine (C=N–C) groups is 1. The monoisotopic (exact) mass is 258 g/mol. The van der Waals surface area contributed by atoms with Crippen LogP contribution in [0.5, 0.6) is 11.5 Å². The highest BCUT2D eigenvalue weighted by atomic mass is 35.5. The Hall–Kier alpha value is -2.15. The molecule has 0 radical (unpaired) electrons. The minimum atomic E-state index is -0.833. The first-order chi connectivity index (χ1) is 7.82. The lowest BCUT2D eigenvalue weighted by atomic mass is 10.1. The second-order valence-electron chi connectivity index (χ2n) is 3.19. The maximum absolute atomic E-state index is 11.3. The molecule has 0 saturated carbocycles. The van der Waals surface area contributed by atoms with E-state index in [0.29, 0.717) is 0 Å². The molecule has 0 fully saturated rings. The van der Waals surface area contributed by atoms with Crippen molar-refractivity contribution in [3.05, 3.63) is 16.7 Å². The van der Waals surface area contributed by atoms with Gasteiger partial charge < -0.3 is 27.0 Å². The number of halogens is 1. The van der Waals surface area contributed by atoms with Crippen molar-refractivity contribution in [2.45, 2.75) is 6.92 Å². The summed E-state index contributed by atoms with van der Waals surface area (Å²) in [6, 6.07) is 0.259. The van der Waals surface area contributed by atoms with Crippen molar-refractivity contribution in [3.63, 3.8) is 0 Å². The second kappa shape index (κ2) is 4.79. The third-order valence-corrected chi connectivity index (χ3v) is 2.24. The normalized spacial score (nSPS) is 9.76. The Morgan fingerprint density at radius 3 is 2.59 bits per heavy atom. The summed E-state index contributed by atoms with van der Waals surface area (Å²) in [6.07, 6.45) is 0. The van der Waals surface area contributed by atoms with Crippen LogP contribution in [0.4, 0.5) is 10.5 Å². The third-order valence-electron chi connectivity index (χ3n) is 1.94. The van der Waals surface area contributed by atoms with Gasteiger partial charge in [0.05, 0.1) is 10.7 Å². The molecule has 7 nitrogen and oxygen atoms in total. The Kier molecular flexibility index (Phi) is 3.64. The molecule has 92 valence electrons. The van der Waals surface area contributed by atoms with Crippen molar-refractivity contribution in [2.75, 3.05) is 5.32 Å². The van der Waals surface area contributed by atoms with Gasteiger partial charge in [0.2, 0.25) is 0 Å². The molecule has 0 aliphatic rings. The van der Waals surface area contributed by atoms with Crippen LogP contribution in [0.2, 0.25) is 5.02 Å². The van der Waals surface area contributed by atoms with Crippen LogP contribution in [0.1, 0.15) is 5.56 Å². The van der Waals surface area contributed by atoms with Crippen molar-refractivity contribution in [2.24, 2.45) is 16.5 Å². The van der Waals surface area contributed by atoms with Crippen molar-refractivity contribution < 1.29 is 15.0 Å². The van der Waals surface area contributed by atoms with E-state index in [1.807, 2.05) is 0 Å². The minimum absolute atomic E-state index is 0.0527. The molecular weight excluding hydrogens is 248 g/mol. The summed E-state index contributed by atoms with van der Waals surface area (Å²) in [7, 11) is 0. The molecule has 17 heavy (non-hydrogen) atoms. The molecule has 0 heterocycles. The zero-order valence-corrected chi connectivity index (χ0v) is 9.62. The summed E-state index contributed by atoms with van der Waals surface area (Å²) in [4.78, 5) is 14.5. The summed E-state index contributed by atoms with van der Waals surface area (Å²) in [5.41, 5.74) is 10.4. The first-order valence-corrected chi connectivity index (χ1v) is 4.82. The maximum atomic E-state index is 11.3. The van der Waals surface area contributed by atoms with E-state index in [-0.39, 0.29) is 27.8 Å². The van der Waals surface area contributed by atoms with Gasteiger partial charge in [-0.25, -0.2) is 4.79 Å². The molecule has 0 bridgehead atoms. The van der Waals surface area contributed by atoms with E-state index < -0.39 is 12.0 Å². The summed E-state index contributed by atoms with van der Waals surface area (Å²) in [5.74, 6) is -1.17. The number of nitrogens with two attached hydrogens (primary N) is 2. The highest BCUT2D eigenvalue weighted by Crippen LogP contribution is 2.39. The Labute approximate surface area is 102 Å². The summed E-state index contributed by atoms with van der Waals surface area (Å²) < 4.78 is 0. The summed E-state index contributed by atoms with van der Waals surface area (Å²) in [5, 5.41) is 21.1. The fraction of sp³-hybridized carbons (Fsp3) is 0.111. The molecule has 0 aliphatic carbocycles. The van der Waals surface area contributed by atoms with Crippen LogP contribution < -0.4 is 16.8 Å². The highest BCUT2D eigenvalue weighted by molar-refractivity contribution is 6.34. The van der Waals surface area contributed by atoms with Crippen molar-refractivity contribution in [1.29, 1.82) is 0 Å². The average Bonchev–Trinajstić information content (AvgIpc) is 2.20. The van der Waals surface area contributed by atoms with Gasteiger partial charge in [-0.05, 0) is 6.92 Å². The van der Waals surface area contributed by atoms with Gasteiger partial charge in [-0.1, -0.05) is 11.6 Å². The number of nitrogens with one attached hydrogen (secondary N) is 1. The van der Waals surface area contributed by atoms with E-state index in [1.165, 1.54) is 6.92 Å². The molecule has 0 spiro atoms. The largest absolute Gasteiger partial charge is 0.504 e. The second-order valence-corrected chi connectivity index (χ2v) is 3.60. The van der Waals surface area contributed by atoms with E-state index in [9.17, 15) is 15.0 Å². The standard InChI is InChI=1S/C9H11ClN4O3/c1-3-6(13-9(17)14-8(11)12)4(10)2-5(15)7(3)16/h2,15-16H,1H3,(H5,11,12,13,14,17). The van der Waals surface area contributed by atoms with Crippen LogP contribution in [-0.4, -0.2) is 22.2 Å². The van der Waals surface area contributed by atoms with Crippen molar-refractivity contribution >= 4 is 29.3 Å². The van der Waals surface area contributed by atoms with Gasteiger partial charge >= 0.3 is 6.03 Å². The first kappa shape index (κ1) is 12.9. The van der Waals surface area contributed by atoms with E-state index in [0.717, 1.165) is 6.07 Å². The summed E-state index contributed by atoms with van der Waals surface area (Å²) >= 11 is 5.79. The fourth-order valence-electron chi connectivity index (χ4n) is 1.16. The van der Waals surface area contributed by atoms with Crippen LogP contribution in [0.15, 0.2) is 11.1 Å². The van der Waals surface area contributed by atoms with E-state index in [4.69, 9.17) is 23.1 Å². The Morgan fingerprint density at radius 1 is 1.47 bits per heavy atom. The number of hydrogen-bond acceptors (Lipinski definition) is 3. The molecule has 1 aromatic rings. The van der Waals surface area contributed by atoms with Crippen LogP contribution in [0, 0.1) is 6.92 Å². The van der Waals surface area contributed by atoms with Crippen LogP contribution in [0.25, 0.3) is 0 Å². The molecule has 2 amide bonds. The number of guanidine groups is 1. The zero-order valence-electron chi connectivity index (χ0n) is 8.86. The topological polar surface area (TPSA) is 134 Å². The lowest BCUT2D eigenvalue weighted by Gasteiger charge is -2.11. The number of urea groups is 1. The predicted octanol–water partition coefficient (Wildman–Crippen LogP) is 0.865. The number of carbonyl (C=O) groups excluding carboxylic acids is 1. The zero-order chi connectivity index (χ0) is 13.2. The van der Waals surface area contributed by atoms with Crippen LogP contribution >= 0.6 is 11.6 Å².